The Morgan fingerprint density at radius 2 is 2.22 bits per heavy atom. The van der Waals surface area contributed by atoms with Crippen LogP contribution in [0.3, 0.4) is 0 Å². The fraction of sp³-hybridized carbons (Fsp3) is 0.250. The van der Waals surface area contributed by atoms with Crippen LogP contribution in [-0.4, -0.2) is 27.0 Å². The molecular weight excluding hydrogens is 235 g/mol. The molecule has 2 aromatic heterocycles. The third kappa shape index (κ3) is 2.91. The zero-order chi connectivity index (χ0) is 13.0. The number of nitrogens with one attached hydrogen (secondary N) is 1. The van der Waals surface area contributed by atoms with Gasteiger partial charge in [-0.25, -0.2) is 9.37 Å². The minimum atomic E-state index is -0.519. The van der Waals surface area contributed by atoms with Gasteiger partial charge in [0.05, 0.1) is 18.1 Å². The predicted octanol–water partition coefficient (Wildman–Crippen LogP) is 0.927. The zero-order valence-electron chi connectivity index (χ0n) is 9.93. The van der Waals surface area contributed by atoms with E-state index in [0.717, 1.165) is 18.0 Å². The van der Waals surface area contributed by atoms with Gasteiger partial charge >= 0.3 is 0 Å². The zero-order valence-corrected chi connectivity index (χ0v) is 9.93. The molecule has 0 aliphatic carbocycles. The van der Waals surface area contributed by atoms with E-state index in [1.165, 1.54) is 6.20 Å². The molecule has 18 heavy (non-hydrogen) atoms. The maximum atomic E-state index is 12.9. The quantitative estimate of drug-likeness (QED) is 0.875. The van der Waals surface area contributed by atoms with Crippen LogP contribution in [0.5, 0.6) is 0 Å². The van der Waals surface area contributed by atoms with Crippen LogP contribution in [0.4, 0.5) is 4.39 Å². The Morgan fingerprint density at radius 1 is 1.39 bits per heavy atom. The monoisotopic (exact) mass is 248 g/mol. The molecule has 0 unspecified atom stereocenters. The summed E-state index contributed by atoms with van der Waals surface area (Å²) in [4.78, 5) is 19.3. The molecular formula is C12H13FN4O. The Labute approximate surface area is 104 Å². The molecule has 2 rings (SSSR count). The van der Waals surface area contributed by atoms with Crippen molar-refractivity contribution in [2.45, 2.75) is 6.42 Å². The van der Waals surface area contributed by atoms with E-state index in [1.807, 2.05) is 11.6 Å². The third-order valence-corrected chi connectivity index (χ3v) is 2.55. The van der Waals surface area contributed by atoms with Crippen molar-refractivity contribution in [3.63, 3.8) is 0 Å². The Kier molecular flexibility index (Phi) is 3.66. The molecule has 6 heteroatoms. The first-order chi connectivity index (χ1) is 8.66. The number of halogens is 1. The minimum Gasteiger partial charge on any atom is -0.352 e. The van der Waals surface area contributed by atoms with Crippen LogP contribution in [-0.2, 0) is 13.5 Å². The van der Waals surface area contributed by atoms with Crippen LogP contribution in [0.2, 0.25) is 0 Å². The molecule has 2 aromatic rings. The molecule has 0 fully saturated rings. The van der Waals surface area contributed by atoms with E-state index in [1.54, 1.807) is 12.5 Å². The highest BCUT2D eigenvalue weighted by Gasteiger charge is 2.07. The van der Waals surface area contributed by atoms with E-state index in [0.29, 0.717) is 13.0 Å². The predicted molar refractivity (Wildman–Crippen MR) is 63.4 cm³/mol. The Bertz CT molecular complexity index is 553. The van der Waals surface area contributed by atoms with Gasteiger partial charge in [0.25, 0.3) is 5.91 Å². The molecule has 94 valence electrons. The molecule has 0 spiro atoms. The molecule has 1 amide bonds. The summed E-state index contributed by atoms with van der Waals surface area (Å²) in [6, 6.07) is 1.16. The molecule has 5 nitrogen and oxygen atoms in total. The second-order valence-corrected chi connectivity index (χ2v) is 3.89. The Hall–Kier alpha value is -2.24. The van der Waals surface area contributed by atoms with E-state index < -0.39 is 5.82 Å². The van der Waals surface area contributed by atoms with E-state index in [2.05, 4.69) is 15.3 Å². The standard InChI is InChI=1S/C12H13FN4O/c1-17-8-15-7-11(17)2-3-16-12(18)9-4-10(13)6-14-5-9/h4-8H,2-3H2,1H3,(H,16,18). The lowest BCUT2D eigenvalue weighted by atomic mass is 10.2. The van der Waals surface area contributed by atoms with Gasteiger partial charge in [-0.2, -0.15) is 0 Å². The SMILES string of the molecule is Cn1cncc1CCNC(=O)c1cncc(F)c1. The number of amides is 1. The molecule has 0 aliphatic heterocycles. The second kappa shape index (κ2) is 5.39. The van der Waals surface area contributed by atoms with Crippen molar-refractivity contribution in [1.82, 2.24) is 19.9 Å². The van der Waals surface area contributed by atoms with E-state index in [-0.39, 0.29) is 11.5 Å². The minimum absolute atomic E-state index is 0.222. The van der Waals surface area contributed by atoms with Crippen LogP contribution < -0.4 is 5.32 Å². The molecule has 0 bridgehead atoms. The van der Waals surface area contributed by atoms with Crippen molar-refractivity contribution in [1.29, 1.82) is 0 Å². The van der Waals surface area contributed by atoms with Crippen LogP contribution in [0.1, 0.15) is 16.1 Å². The van der Waals surface area contributed by atoms with Crippen LogP contribution in [0, 0.1) is 5.82 Å². The average Bonchev–Trinajstić information content (AvgIpc) is 2.75. The molecule has 0 saturated heterocycles. The molecule has 0 aliphatic rings. The third-order valence-electron chi connectivity index (χ3n) is 2.55. The number of aromatic nitrogens is 3. The summed E-state index contributed by atoms with van der Waals surface area (Å²) >= 11 is 0. The summed E-state index contributed by atoms with van der Waals surface area (Å²) in [5.41, 5.74) is 1.24. The van der Waals surface area contributed by atoms with Crippen molar-refractivity contribution in [3.05, 3.63) is 48.1 Å². The molecule has 0 radical (unpaired) electrons. The van der Waals surface area contributed by atoms with Crippen molar-refractivity contribution < 1.29 is 9.18 Å². The first-order valence-electron chi connectivity index (χ1n) is 5.51. The van der Waals surface area contributed by atoms with Gasteiger partial charge in [0.2, 0.25) is 0 Å². The number of aryl methyl sites for hydroxylation is 1. The van der Waals surface area contributed by atoms with Crippen molar-refractivity contribution in [2.24, 2.45) is 7.05 Å². The van der Waals surface area contributed by atoms with Crippen LogP contribution in [0.15, 0.2) is 31.0 Å². The highest BCUT2D eigenvalue weighted by molar-refractivity contribution is 5.93. The largest absolute Gasteiger partial charge is 0.352 e. The fourth-order valence-electron chi connectivity index (χ4n) is 1.57. The van der Waals surface area contributed by atoms with Gasteiger partial charge in [0.15, 0.2) is 0 Å². The van der Waals surface area contributed by atoms with E-state index >= 15 is 0 Å². The molecule has 0 aromatic carbocycles. The highest BCUT2D eigenvalue weighted by Crippen LogP contribution is 2.01. The summed E-state index contributed by atoms with van der Waals surface area (Å²) in [7, 11) is 1.89. The van der Waals surface area contributed by atoms with E-state index in [4.69, 9.17) is 0 Å². The lowest BCUT2D eigenvalue weighted by Crippen LogP contribution is -2.26. The summed E-state index contributed by atoms with van der Waals surface area (Å²) in [5.74, 6) is -0.849. The highest BCUT2D eigenvalue weighted by atomic mass is 19.1. The molecule has 2 heterocycles. The first-order valence-corrected chi connectivity index (χ1v) is 5.51. The molecule has 0 atom stereocenters. The van der Waals surface area contributed by atoms with Gasteiger partial charge < -0.3 is 9.88 Å². The molecule has 0 saturated carbocycles. The maximum Gasteiger partial charge on any atom is 0.252 e. The smallest absolute Gasteiger partial charge is 0.252 e. The molecule has 1 N–H and O–H groups in total. The number of imidazole rings is 1. The van der Waals surface area contributed by atoms with Crippen LogP contribution >= 0.6 is 0 Å². The fourth-order valence-corrected chi connectivity index (χ4v) is 1.57. The topological polar surface area (TPSA) is 59.8 Å². The number of hydrogen-bond donors (Lipinski definition) is 1. The number of nitrogens with zero attached hydrogens (tertiary/aromatic N) is 3. The number of pyridine rings is 1. The summed E-state index contributed by atoms with van der Waals surface area (Å²) < 4.78 is 14.8. The van der Waals surface area contributed by atoms with Crippen molar-refractivity contribution in [3.8, 4) is 0 Å². The first kappa shape index (κ1) is 12.2. The number of carbonyl (C=O) groups is 1. The summed E-state index contributed by atoms with van der Waals surface area (Å²) in [6.45, 7) is 0.467. The number of carbonyl (C=O) groups excluding carboxylic acids is 1. The lowest BCUT2D eigenvalue weighted by molar-refractivity contribution is 0.0953. The normalized spacial score (nSPS) is 10.3. The number of hydrogen-bond acceptors (Lipinski definition) is 3. The maximum absolute atomic E-state index is 12.9. The van der Waals surface area contributed by atoms with Crippen molar-refractivity contribution >= 4 is 5.91 Å². The lowest BCUT2D eigenvalue weighted by Gasteiger charge is -2.05. The van der Waals surface area contributed by atoms with Gasteiger partial charge in [-0.05, 0) is 6.07 Å². The van der Waals surface area contributed by atoms with Gasteiger partial charge in [-0.1, -0.05) is 0 Å². The Morgan fingerprint density at radius 3 is 2.89 bits per heavy atom. The van der Waals surface area contributed by atoms with Gasteiger partial charge in [0.1, 0.15) is 5.82 Å². The van der Waals surface area contributed by atoms with E-state index in [9.17, 15) is 9.18 Å². The van der Waals surface area contributed by atoms with Gasteiger partial charge in [0, 0.05) is 38.1 Å². The van der Waals surface area contributed by atoms with Crippen molar-refractivity contribution in [2.75, 3.05) is 6.54 Å². The average molecular weight is 248 g/mol. The second-order valence-electron chi connectivity index (χ2n) is 3.89. The summed E-state index contributed by atoms with van der Waals surface area (Å²) in [5, 5.41) is 2.70. The van der Waals surface area contributed by atoms with Gasteiger partial charge in [-0.15, -0.1) is 0 Å². The van der Waals surface area contributed by atoms with Gasteiger partial charge in [-0.3, -0.25) is 9.78 Å². The number of rotatable bonds is 4. The Balaban J connectivity index is 1.87. The van der Waals surface area contributed by atoms with Crippen LogP contribution in [0.25, 0.3) is 0 Å². The summed E-state index contributed by atoms with van der Waals surface area (Å²) in [6.07, 6.45) is 6.52.